The number of hydrogen-bond donors (Lipinski definition) is 1. The first-order valence-corrected chi connectivity index (χ1v) is 22.1. The highest BCUT2D eigenvalue weighted by Gasteiger charge is 2.19. The number of halogens is 3. The molecule has 0 aromatic heterocycles. The summed E-state index contributed by atoms with van der Waals surface area (Å²) >= 11 is 0. The zero-order valence-corrected chi connectivity index (χ0v) is 34.3. The van der Waals surface area contributed by atoms with Crippen LogP contribution in [0.25, 0.3) is 0 Å². The van der Waals surface area contributed by atoms with E-state index in [4.69, 9.17) is 29.6 Å². The summed E-state index contributed by atoms with van der Waals surface area (Å²) in [4.78, 5) is -0.489. The molecule has 0 saturated carbocycles. The fourth-order valence-electron chi connectivity index (χ4n) is 5.37. The van der Waals surface area contributed by atoms with E-state index >= 15 is 0 Å². The van der Waals surface area contributed by atoms with Gasteiger partial charge >= 0.3 is 0 Å². The second-order valence-corrected chi connectivity index (χ2v) is 17.0. The maximum absolute atomic E-state index is 14.6. The lowest BCUT2D eigenvalue weighted by molar-refractivity contribution is 0.289. The van der Waals surface area contributed by atoms with Crippen LogP contribution in [-0.2, 0) is 45.1 Å². The topological polar surface area (TPSA) is 117 Å². The average Bonchev–Trinajstić information content (AvgIpc) is 3.22. The van der Waals surface area contributed by atoms with Crippen molar-refractivity contribution in [2.45, 2.75) is 56.6 Å². The summed E-state index contributed by atoms with van der Waals surface area (Å²) < 4.78 is 101. The lowest BCUT2D eigenvalue weighted by atomic mass is 10.1. The molecule has 0 aliphatic carbocycles. The van der Waals surface area contributed by atoms with Gasteiger partial charge < -0.3 is 18.9 Å². The average molecular weight is 850 g/mol. The zero-order valence-electron chi connectivity index (χ0n) is 32.0. The van der Waals surface area contributed by atoms with Crippen LogP contribution in [0.15, 0.2) is 143 Å². The third-order valence-electron chi connectivity index (χ3n) is 8.48. The molecule has 0 aliphatic rings. The largest absolute Gasteiger partial charge is 0.485 e. The number of ether oxygens (including phenoxy) is 4. The summed E-state index contributed by atoms with van der Waals surface area (Å²) in [5, 5.41) is 0. The molecule has 1 N–H and O–H groups in total. The highest BCUT2D eigenvalue weighted by Crippen LogP contribution is 2.37. The molecule has 0 aliphatic heterocycles. The number of sulfonamides is 1. The van der Waals surface area contributed by atoms with E-state index in [9.17, 15) is 25.6 Å². The predicted octanol–water partition coefficient (Wildman–Crippen LogP) is 10.7. The summed E-state index contributed by atoms with van der Waals surface area (Å²) in [6.45, 7) is 6.58. The van der Waals surface area contributed by atoms with Crippen molar-refractivity contribution in [2.75, 3.05) is 6.54 Å². The standard InChI is InChI=1S/C23H24FNO4S.C21H18ClFO4S/c1-3-17-10-12-22(23(14-17)28-16-18-8-6-5-7-9-18)29-21-13-11-19(15-20(21)24)30(26,27)25-4-2;1-2-15-8-10-20(21(12-15)26-14-16-6-4-3-5-7-16)27-19-11-9-17(13-18(19)23)28(22,24)25/h5-15,25H,3-4,16H2,1-2H3;3-13H,2,14H2,1H3. The highest BCUT2D eigenvalue weighted by molar-refractivity contribution is 8.13. The lowest BCUT2D eigenvalue weighted by Crippen LogP contribution is -2.23. The first-order chi connectivity index (χ1) is 27.8. The SMILES string of the molecule is CCNS(=O)(=O)c1ccc(Oc2ccc(CC)cc2OCc2ccccc2)c(F)c1.CCc1ccc(Oc2ccc(S(=O)(=O)Cl)cc2F)c(OCc2ccccc2)c1. The molecule has 0 bridgehead atoms. The Bertz CT molecular complexity index is 2530. The predicted molar refractivity (Wildman–Crippen MR) is 220 cm³/mol. The molecule has 0 saturated heterocycles. The third-order valence-corrected chi connectivity index (χ3v) is 11.4. The number of hydrogen-bond acceptors (Lipinski definition) is 8. The molecule has 0 radical (unpaired) electrons. The van der Waals surface area contributed by atoms with Crippen LogP contribution < -0.4 is 23.7 Å². The number of benzene rings is 6. The van der Waals surface area contributed by atoms with Crippen molar-refractivity contribution in [1.82, 2.24) is 4.72 Å². The van der Waals surface area contributed by atoms with Crippen LogP contribution in [0.2, 0.25) is 0 Å². The summed E-state index contributed by atoms with van der Waals surface area (Å²) in [5.74, 6) is -0.188. The Hall–Kier alpha value is -5.47. The van der Waals surface area contributed by atoms with Crippen LogP contribution in [0, 0.1) is 11.6 Å². The van der Waals surface area contributed by atoms with Crippen LogP contribution >= 0.6 is 10.7 Å². The van der Waals surface area contributed by atoms with Crippen molar-refractivity contribution < 1.29 is 44.6 Å². The molecule has 304 valence electrons. The monoisotopic (exact) mass is 849 g/mol. The molecule has 58 heavy (non-hydrogen) atoms. The lowest BCUT2D eigenvalue weighted by Gasteiger charge is -2.15. The number of rotatable bonds is 16. The van der Waals surface area contributed by atoms with Crippen LogP contribution in [0.3, 0.4) is 0 Å². The zero-order chi connectivity index (χ0) is 41.7. The minimum absolute atomic E-state index is 0.0840. The Labute approximate surface area is 342 Å². The molecule has 14 heteroatoms. The van der Waals surface area contributed by atoms with E-state index in [2.05, 4.69) is 4.72 Å². The van der Waals surface area contributed by atoms with E-state index in [1.54, 1.807) is 19.1 Å². The van der Waals surface area contributed by atoms with Gasteiger partial charge in [0.1, 0.15) is 13.2 Å². The van der Waals surface area contributed by atoms with E-state index in [1.807, 2.05) is 98.8 Å². The molecule has 0 unspecified atom stereocenters. The van der Waals surface area contributed by atoms with Crippen molar-refractivity contribution in [3.05, 3.63) is 167 Å². The summed E-state index contributed by atoms with van der Waals surface area (Å²) in [7, 11) is -2.52. The molecular weight excluding hydrogens is 808 g/mol. The Balaban J connectivity index is 0.000000221. The summed E-state index contributed by atoms with van der Waals surface area (Å²) in [5.41, 5.74) is 4.07. The van der Waals surface area contributed by atoms with E-state index in [0.29, 0.717) is 36.2 Å². The molecule has 9 nitrogen and oxygen atoms in total. The Morgan fingerprint density at radius 1 is 0.500 bits per heavy atom. The second-order valence-electron chi connectivity index (χ2n) is 12.6. The van der Waals surface area contributed by atoms with E-state index in [-0.39, 0.29) is 27.8 Å². The molecule has 0 spiro atoms. The second kappa shape index (κ2) is 20.3. The molecule has 6 aromatic rings. The van der Waals surface area contributed by atoms with Gasteiger partial charge in [-0.05, 0) is 95.8 Å². The van der Waals surface area contributed by atoms with Crippen molar-refractivity contribution >= 4 is 29.8 Å². The molecule has 0 fully saturated rings. The first kappa shape index (κ1) is 43.6. The van der Waals surface area contributed by atoms with E-state index in [1.165, 1.54) is 24.3 Å². The fourth-order valence-corrected chi connectivity index (χ4v) is 7.18. The fraction of sp³-hybridized carbons (Fsp3) is 0.182. The van der Waals surface area contributed by atoms with Gasteiger partial charge in [-0.1, -0.05) is 93.6 Å². The molecule has 6 rings (SSSR count). The van der Waals surface area contributed by atoms with Gasteiger partial charge in [0.05, 0.1) is 9.79 Å². The van der Waals surface area contributed by atoms with Crippen LogP contribution in [-0.4, -0.2) is 23.4 Å². The van der Waals surface area contributed by atoms with Gasteiger partial charge in [0.2, 0.25) is 10.0 Å². The Morgan fingerprint density at radius 3 is 1.31 bits per heavy atom. The Kier molecular flexibility index (Phi) is 15.3. The van der Waals surface area contributed by atoms with Crippen molar-refractivity contribution in [3.8, 4) is 34.5 Å². The van der Waals surface area contributed by atoms with Crippen LogP contribution in [0.1, 0.15) is 43.0 Å². The van der Waals surface area contributed by atoms with Crippen molar-refractivity contribution in [2.24, 2.45) is 0 Å². The van der Waals surface area contributed by atoms with Gasteiger partial charge in [-0.25, -0.2) is 30.3 Å². The molecule has 0 atom stereocenters. The van der Waals surface area contributed by atoms with E-state index in [0.717, 1.165) is 47.2 Å². The van der Waals surface area contributed by atoms with Crippen molar-refractivity contribution in [1.29, 1.82) is 0 Å². The van der Waals surface area contributed by atoms with Crippen LogP contribution in [0.5, 0.6) is 34.5 Å². The van der Waals surface area contributed by atoms with Crippen molar-refractivity contribution in [3.63, 3.8) is 0 Å². The van der Waals surface area contributed by atoms with Gasteiger partial charge in [0.15, 0.2) is 46.1 Å². The van der Waals surface area contributed by atoms with Gasteiger partial charge in [-0.15, -0.1) is 0 Å². The molecular formula is C44H42ClF2NO8S2. The highest BCUT2D eigenvalue weighted by atomic mass is 35.7. The molecule has 6 aromatic carbocycles. The smallest absolute Gasteiger partial charge is 0.261 e. The van der Waals surface area contributed by atoms with E-state index < -0.39 is 30.7 Å². The minimum Gasteiger partial charge on any atom is -0.485 e. The van der Waals surface area contributed by atoms with Gasteiger partial charge in [0, 0.05) is 17.2 Å². The number of aryl methyl sites for hydroxylation is 2. The van der Waals surface area contributed by atoms with Gasteiger partial charge in [-0.3, -0.25) is 0 Å². The van der Waals surface area contributed by atoms with Gasteiger partial charge in [-0.2, -0.15) is 0 Å². The van der Waals surface area contributed by atoms with Gasteiger partial charge in [0.25, 0.3) is 9.05 Å². The number of nitrogens with one attached hydrogen (secondary N) is 1. The maximum atomic E-state index is 14.6. The quantitative estimate of drug-likeness (QED) is 0.0957. The Morgan fingerprint density at radius 2 is 0.914 bits per heavy atom. The van der Waals surface area contributed by atoms with Crippen LogP contribution in [0.4, 0.5) is 8.78 Å². The first-order valence-electron chi connectivity index (χ1n) is 18.3. The maximum Gasteiger partial charge on any atom is 0.261 e. The summed E-state index contributed by atoms with van der Waals surface area (Å²) in [6.07, 6.45) is 1.62. The summed E-state index contributed by atoms with van der Waals surface area (Å²) in [6, 6.07) is 37.0. The normalized spacial score (nSPS) is 11.3. The molecule has 0 heterocycles. The minimum atomic E-state index is -4.02. The molecule has 0 amide bonds. The third kappa shape index (κ3) is 12.3.